The van der Waals surface area contributed by atoms with Crippen LogP contribution in [0.15, 0.2) is 79.0 Å². The number of likely N-dealkylation sites (tertiary alicyclic amines) is 1. The van der Waals surface area contributed by atoms with Gasteiger partial charge in [0.2, 0.25) is 5.91 Å². The molecular weight excluding hydrogens is 444 g/mol. The maximum Gasteiger partial charge on any atom is 0.225 e. The van der Waals surface area contributed by atoms with E-state index in [4.69, 9.17) is 5.73 Å². The molecule has 0 radical (unpaired) electrons. The highest BCUT2D eigenvalue weighted by Gasteiger charge is 2.30. The first-order valence-corrected chi connectivity index (χ1v) is 13.3. The van der Waals surface area contributed by atoms with Crippen LogP contribution in [0, 0.1) is 5.92 Å². The highest BCUT2D eigenvalue weighted by atomic mass is 16.2. The number of piperidine rings is 1. The van der Waals surface area contributed by atoms with Crippen LogP contribution in [0.3, 0.4) is 0 Å². The van der Waals surface area contributed by atoms with Crippen molar-refractivity contribution in [3.05, 3.63) is 95.7 Å². The molecule has 188 valence electrons. The average molecular weight is 483 g/mol. The zero-order chi connectivity index (χ0) is 24.9. The van der Waals surface area contributed by atoms with Crippen LogP contribution < -0.4 is 5.73 Å². The van der Waals surface area contributed by atoms with Crippen LogP contribution in [0.4, 0.5) is 0 Å². The van der Waals surface area contributed by atoms with Gasteiger partial charge in [-0.2, -0.15) is 0 Å². The quantitative estimate of drug-likeness (QED) is 0.513. The second-order valence-electron chi connectivity index (χ2n) is 10.3. The van der Waals surface area contributed by atoms with E-state index < -0.39 is 0 Å². The first-order chi connectivity index (χ1) is 17.6. The lowest BCUT2D eigenvalue weighted by Crippen LogP contribution is -2.51. The first-order valence-electron chi connectivity index (χ1n) is 13.3. The van der Waals surface area contributed by atoms with Gasteiger partial charge in [-0.15, -0.1) is 0 Å². The van der Waals surface area contributed by atoms with Crippen molar-refractivity contribution in [3.8, 4) is 11.1 Å². The number of amides is 1. The summed E-state index contributed by atoms with van der Waals surface area (Å²) < 4.78 is 0. The molecule has 5 nitrogen and oxygen atoms in total. The Balaban J connectivity index is 1.08. The number of piperazine rings is 1. The normalized spacial score (nSPS) is 19.4. The Morgan fingerprint density at radius 3 is 2.44 bits per heavy atom. The van der Waals surface area contributed by atoms with Crippen LogP contribution in [0.2, 0.25) is 0 Å². The van der Waals surface area contributed by atoms with E-state index in [1.807, 2.05) is 12.2 Å². The van der Waals surface area contributed by atoms with E-state index >= 15 is 0 Å². The number of hydrogen-bond acceptors (Lipinski definition) is 4. The molecular formula is C31H38N4O. The van der Waals surface area contributed by atoms with Crippen LogP contribution in [-0.2, 0) is 17.8 Å². The minimum absolute atomic E-state index is 0.156. The number of carbonyl (C=O) groups is 1. The molecule has 3 aliphatic rings. The van der Waals surface area contributed by atoms with Gasteiger partial charge in [-0.05, 0) is 78.0 Å². The summed E-state index contributed by atoms with van der Waals surface area (Å²) in [5.41, 5.74) is 13.8. The fourth-order valence-corrected chi connectivity index (χ4v) is 5.97. The Hall–Kier alpha value is -3.15. The molecule has 0 unspecified atom stereocenters. The SMILES string of the molecule is C=C/C=C(\C=C/N)CN1CCC(C(=O)N2CCN(Cc3ccc4c(c3)Cc3ccccc3-4)CC2)CC1. The summed E-state index contributed by atoms with van der Waals surface area (Å²) in [5.74, 6) is 0.510. The largest absolute Gasteiger partial charge is 0.405 e. The van der Waals surface area contributed by atoms with E-state index in [0.29, 0.717) is 5.91 Å². The summed E-state index contributed by atoms with van der Waals surface area (Å²) in [4.78, 5) is 20.2. The van der Waals surface area contributed by atoms with Crippen LogP contribution in [-0.4, -0.2) is 66.4 Å². The van der Waals surface area contributed by atoms with Crippen molar-refractivity contribution in [2.75, 3.05) is 45.8 Å². The maximum atomic E-state index is 13.2. The number of benzene rings is 2. The summed E-state index contributed by atoms with van der Waals surface area (Å²) in [5, 5.41) is 0. The zero-order valence-electron chi connectivity index (χ0n) is 21.2. The second kappa shape index (κ2) is 11.3. The molecule has 0 atom stereocenters. The molecule has 0 spiro atoms. The third-order valence-corrected chi connectivity index (χ3v) is 7.93. The number of nitrogens with zero attached hydrogens (tertiary/aromatic N) is 3. The average Bonchev–Trinajstić information content (AvgIpc) is 3.27. The Bertz CT molecular complexity index is 1150. The van der Waals surface area contributed by atoms with Crippen molar-refractivity contribution in [1.82, 2.24) is 14.7 Å². The fraction of sp³-hybridized carbons (Fsp3) is 0.387. The molecule has 2 saturated heterocycles. The molecule has 2 aromatic carbocycles. The summed E-state index contributed by atoms with van der Waals surface area (Å²) in [6.07, 6.45) is 10.2. The second-order valence-corrected chi connectivity index (χ2v) is 10.3. The molecule has 2 aliphatic heterocycles. The van der Waals surface area contributed by atoms with Gasteiger partial charge in [0.25, 0.3) is 0 Å². The lowest BCUT2D eigenvalue weighted by molar-refractivity contribution is -0.138. The monoisotopic (exact) mass is 482 g/mol. The van der Waals surface area contributed by atoms with Gasteiger partial charge in [0.1, 0.15) is 0 Å². The van der Waals surface area contributed by atoms with Crippen molar-refractivity contribution >= 4 is 5.91 Å². The number of allylic oxidation sites excluding steroid dienone is 2. The maximum absolute atomic E-state index is 13.2. The molecule has 2 heterocycles. The van der Waals surface area contributed by atoms with Gasteiger partial charge in [-0.3, -0.25) is 14.6 Å². The van der Waals surface area contributed by atoms with E-state index in [1.54, 1.807) is 12.3 Å². The van der Waals surface area contributed by atoms with Crippen molar-refractivity contribution in [2.24, 2.45) is 11.7 Å². The summed E-state index contributed by atoms with van der Waals surface area (Å²) in [6.45, 7) is 11.1. The molecule has 5 heteroatoms. The fourth-order valence-electron chi connectivity index (χ4n) is 5.97. The van der Waals surface area contributed by atoms with Gasteiger partial charge in [0, 0.05) is 45.2 Å². The van der Waals surface area contributed by atoms with E-state index in [0.717, 1.165) is 77.2 Å². The lowest BCUT2D eigenvalue weighted by atomic mass is 9.94. The first kappa shape index (κ1) is 24.5. The minimum Gasteiger partial charge on any atom is -0.405 e. The predicted molar refractivity (Wildman–Crippen MR) is 147 cm³/mol. The van der Waals surface area contributed by atoms with Crippen molar-refractivity contribution in [2.45, 2.75) is 25.8 Å². The molecule has 0 bridgehead atoms. The number of rotatable bonds is 7. The van der Waals surface area contributed by atoms with Gasteiger partial charge < -0.3 is 10.6 Å². The number of hydrogen-bond donors (Lipinski definition) is 1. The molecule has 2 fully saturated rings. The highest BCUT2D eigenvalue weighted by Crippen LogP contribution is 2.36. The zero-order valence-corrected chi connectivity index (χ0v) is 21.2. The molecule has 1 aliphatic carbocycles. The van der Waals surface area contributed by atoms with E-state index in [-0.39, 0.29) is 5.92 Å². The Morgan fingerprint density at radius 2 is 1.69 bits per heavy atom. The van der Waals surface area contributed by atoms with Crippen LogP contribution in [0.1, 0.15) is 29.5 Å². The Morgan fingerprint density at radius 1 is 0.944 bits per heavy atom. The number of fused-ring (bicyclic) bond motifs is 3. The van der Waals surface area contributed by atoms with E-state index in [2.05, 4.69) is 63.7 Å². The van der Waals surface area contributed by atoms with E-state index in [9.17, 15) is 4.79 Å². The van der Waals surface area contributed by atoms with Crippen LogP contribution >= 0.6 is 0 Å². The van der Waals surface area contributed by atoms with E-state index in [1.165, 1.54) is 27.8 Å². The van der Waals surface area contributed by atoms with Gasteiger partial charge >= 0.3 is 0 Å². The molecule has 36 heavy (non-hydrogen) atoms. The van der Waals surface area contributed by atoms with Crippen molar-refractivity contribution < 1.29 is 4.79 Å². The van der Waals surface area contributed by atoms with Crippen molar-refractivity contribution in [1.29, 1.82) is 0 Å². The third kappa shape index (κ3) is 5.48. The smallest absolute Gasteiger partial charge is 0.225 e. The topological polar surface area (TPSA) is 52.8 Å². The molecule has 0 saturated carbocycles. The predicted octanol–water partition coefficient (Wildman–Crippen LogP) is 4.20. The van der Waals surface area contributed by atoms with Gasteiger partial charge in [-0.1, -0.05) is 61.2 Å². The van der Waals surface area contributed by atoms with Crippen molar-refractivity contribution in [3.63, 3.8) is 0 Å². The Labute approximate surface area is 215 Å². The molecule has 0 aromatic heterocycles. The lowest BCUT2D eigenvalue weighted by Gasteiger charge is -2.38. The standard InChI is InChI=1S/C31H38N4O/c1-2-5-24(10-13-32)22-33-14-11-26(12-15-33)31(36)35-18-16-34(17-19-35)23-25-8-9-30-28(20-25)21-27-6-3-4-7-29(27)30/h2-10,13,20,26H,1,11-12,14-19,21-23,32H2/b13-10-,24-5+. The third-order valence-electron chi connectivity index (χ3n) is 7.93. The van der Waals surface area contributed by atoms with Gasteiger partial charge in [-0.25, -0.2) is 0 Å². The number of carbonyl (C=O) groups excluding carboxylic acids is 1. The summed E-state index contributed by atoms with van der Waals surface area (Å²) >= 11 is 0. The minimum atomic E-state index is 0.156. The highest BCUT2D eigenvalue weighted by molar-refractivity contribution is 5.79. The van der Waals surface area contributed by atoms with Crippen LogP contribution in [0.25, 0.3) is 11.1 Å². The van der Waals surface area contributed by atoms with Gasteiger partial charge in [0.15, 0.2) is 0 Å². The van der Waals surface area contributed by atoms with Crippen LogP contribution in [0.5, 0.6) is 0 Å². The summed E-state index contributed by atoms with van der Waals surface area (Å²) in [6, 6.07) is 15.7. The number of nitrogens with two attached hydrogens (primary N) is 1. The van der Waals surface area contributed by atoms with Gasteiger partial charge in [0.05, 0.1) is 0 Å². The molecule has 2 aromatic rings. The molecule has 5 rings (SSSR count). The summed E-state index contributed by atoms with van der Waals surface area (Å²) in [7, 11) is 0. The Kier molecular flexibility index (Phi) is 7.69. The molecule has 1 amide bonds. The molecule has 2 N–H and O–H groups in total.